The first kappa shape index (κ1) is 12.8. The van der Waals surface area contributed by atoms with Crippen molar-refractivity contribution in [3.63, 3.8) is 0 Å². The molecule has 0 aliphatic carbocycles. The summed E-state index contributed by atoms with van der Waals surface area (Å²) in [5.74, 6) is 0. The minimum Gasteiger partial charge on any atom is -0.398 e. The number of amides is 2. The molecule has 2 aliphatic heterocycles. The van der Waals surface area contributed by atoms with Crippen molar-refractivity contribution in [1.82, 2.24) is 9.80 Å². The number of nitrogens with zero attached hydrogens (tertiary/aromatic N) is 3. The number of rotatable bonds is 2. The van der Waals surface area contributed by atoms with Crippen LogP contribution < -0.4 is 10.6 Å². The van der Waals surface area contributed by atoms with Gasteiger partial charge in [0, 0.05) is 56.4 Å². The summed E-state index contributed by atoms with van der Waals surface area (Å²) in [5, 5.41) is 7.55. The van der Waals surface area contributed by atoms with Crippen LogP contribution in [0.4, 0.5) is 16.2 Å². The van der Waals surface area contributed by atoms with Crippen LogP contribution in [0, 0.1) is 5.41 Å². The SMILES string of the molecule is CN1CC2CN(c3cccc(N)c3C=N)CCN2C1=O. The van der Waals surface area contributed by atoms with E-state index in [1.54, 1.807) is 4.90 Å². The fourth-order valence-electron chi connectivity index (χ4n) is 3.10. The first-order chi connectivity index (χ1) is 9.61. The number of carbonyl (C=O) groups excluding carboxylic acids is 1. The highest BCUT2D eigenvalue weighted by Gasteiger charge is 2.39. The van der Waals surface area contributed by atoms with Crippen LogP contribution >= 0.6 is 0 Å². The van der Waals surface area contributed by atoms with E-state index < -0.39 is 0 Å². The highest BCUT2D eigenvalue weighted by molar-refractivity contribution is 5.93. The van der Waals surface area contributed by atoms with Crippen molar-refractivity contribution in [2.24, 2.45) is 0 Å². The zero-order chi connectivity index (χ0) is 14.3. The zero-order valence-electron chi connectivity index (χ0n) is 11.5. The van der Waals surface area contributed by atoms with Gasteiger partial charge in [0.15, 0.2) is 0 Å². The number of likely N-dealkylation sites (N-methyl/N-ethyl adjacent to an activating group) is 1. The molecule has 0 spiro atoms. The fraction of sp³-hybridized carbons (Fsp3) is 0.429. The van der Waals surface area contributed by atoms with E-state index in [1.807, 2.05) is 30.1 Å². The summed E-state index contributed by atoms with van der Waals surface area (Å²) in [7, 11) is 1.84. The molecule has 3 N–H and O–H groups in total. The lowest BCUT2D eigenvalue weighted by atomic mass is 10.1. The number of benzene rings is 1. The molecular formula is C14H19N5O. The summed E-state index contributed by atoms with van der Waals surface area (Å²) in [6.07, 6.45) is 1.31. The van der Waals surface area contributed by atoms with Crippen molar-refractivity contribution in [1.29, 1.82) is 5.41 Å². The Balaban J connectivity index is 1.86. The molecule has 0 radical (unpaired) electrons. The highest BCUT2D eigenvalue weighted by Crippen LogP contribution is 2.28. The van der Waals surface area contributed by atoms with Crippen LogP contribution in [0.1, 0.15) is 5.56 Å². The molecule has 2 fully saturated rings. The van der Waals surface area contributed by atoms with E-state index in [9.17, 15) is 4.79 Å². The maximum absolute atomic E-state index is 11.9. The van der Waals surface area contributed by atoms with Gasteiger partial charge in [-0.3, -0.25) is 0 Å². The van der Waals surface area contributed by atoms with Crippen LogP contribution in [0.2, 0.25) is 0 Å². The van der Waals surface area contributed by atoms with Gasteiger partial charge in [0.2, 0.25) is 0 Å². The molecule has 20 heavy (non-hydrogen) atoms. The van der Waals surface area contributed by atoms with Crippen molar-refractivity contribution in [3.8, 4) is 0 Å². The normalized spacial score (nSPS) is 22.1. The quantitative estimate of drug-likeness (QED) is 0.619. The Morgan fingerprint density at radius 2 is 2.15 bits per heavy atom. The molecular weight excluding hydrogens is 254 g/mol. The Morgan fingerprint density at radius 1 is 1.35 bits per heavy atom. The summed E-state index contributed by atoms with van der Waals surface area (Å²) in [4.78, 5) is 17.9. The summed E-state index contributed by atoms with van der Waals surface area (Å²) in [5.41, 5.74) is 8.31. The molecule has 2 amide bonds. The number of fused-ring (bicyclic) bond motifs is 1. The van der Waals surface area contributed by atoms with Gasteiger partial charge in [0.05, 0.1) is 6.04 Å². The Hall–Kier alpha value is -2.24. The number of hydrogen-bond donors (Lipinski definition) is 2. The van der Waals surface area contributed by atoms with Gasteiger partial charge in [0.1, 0.15) is 0 Å². The second-order valence-electron chi connectivity index (χ2n) is 5.38. The molecule has 3 rings (SSSR count). The molecule has 2 aliphatic rings. The van der Waals surface area contributed by atoms with Crippen molar-refractivity contribution in [2.75, 3.05) is 43.9 Å². The van der Waals surface area contributed by atoms with Crippen molar-refractivity contribution < 1.29 is 4.79 Å². The largest absolute Gasteiger partial charge is 0.398 e. The van der Waals surface area contributed by atoms with Crippen LogP contribution in [0.5, 0.6) is 0 Å². The molecule has 1 unspecified atom stereocenters. The van der Waals surface area contributed by atoms with Crippen LogP contribution in [-0.2, 0) is 0 Å². The smallest absolute Gasteiger partial charge is 0.320 e. The van der Waals surface area contributed by atoms with Crippen molar-refractivity contribution >= 4 is 23.6 Å². The summed E-state index contributed by atoms with van der Waals surface area (Å²) in [6.45, 7) is 3.05. The van der Waals surface area contributed by atoms with Gasteiger partial charge in [-0.25, -0.2) is 4.79 Å². The average Bonchev–Trinajstić information content (AvgIpc) is 2.73. The molecule has 1 aromatic carbocycles. The lowest BCUT2D eigenvalue weighted by Crippen LogP contribution is -2.52. The predicted octanol–water partition coefficient (Wildman–Crippen LogP) is 0.822. The molecule has 1 aromatic rings. The van der Waals surface area contributed by atoms with Crippen LogP contribution in [0.25, 0.3) is 0 Å². The first-order valence-electron chi connectivity index (χ1n) is 6.77. The van der Waals surface area contributed by atoms with E-state index in [-0.39, 0.29) is 12.1 Å². The third-order valence-corrected chi connectivity index (χ3v) is 4.14. The minimum atomic E-state index is 0.120. The standard InChI is InChI=1S/C14H19N5O/c1-17-8-10-9-18(5-6-19(10)14(17)20)13-4-2-3-12(16)11(13)7-15/h2-4,7,10,15H,5-6,8-9,16H2,1H3. The van der Waals surface area contributed by atoms with E-state index in [0.29, 0.717) is 5.69 Å². The van der Waals surface area contributed by atoms with Crippen LogP contribution in [0.3, 0.4) is 0 Å². The summed E-state index contributed by atoms with van der Waals surface area (Å²) >= 11 is 0. The molecule has 6 heteroatoms. The summed E-state index contributed by atoms with van der Waals surface area (Å²) in [6, 6.07) is 6.06. The molecule has 106 valence electrons. The minimum absolute atomic E-state index is 0.120. The number of piperazine rings is 1. The Labute approximate surface area is 118 Å². The fourth-order valence-corrected chi connectivity index (χ4v) is 3.10. The molecule has 0 aromatic heterocycles. The van der Waals surface area contributed by atoms with Crippen molar-refractivity contribution in [3.05, 3.63) is 23.8 Å². The van der Waals surface area contributed by atoms with Gasteiger partial charge >= 0.3 is 6.03 Å². The number of nitrogen functional groups attached to an aromatic ring is 1. The molecule has 0 saturated carbocycles. The van der Waals surface area contributed by atoms with E-state index in [4.69, 9.17) is 11.1 Å². The van der Waals surface area contributed by atoms with Crippen LogP contribution in [-0.4, -0.2) is 61.3 Å². The third kappa shape index (κ3) is 1.88. The van der Waals surface area contributed by atoms with Gasteiger partial charge in [-0.2, -0.15) is 0 Å². The third-order valence-electron chi connectivity index (χ3n) is 4.14. The van der Waals surface area contributed by atoms with Gasteiger partial charge in [0.25, 0.3) is 0 Å². The van der Waals surface area contributed by atoms with Gasteiger partial charge in [-0.05, 0) is 12.1 Å². The Morgan fingerprint density at radius 3 is 2.90 bits per heavy atom. The molecule has 2 saturated heterocycles. The number of carbonyl (C=O) groups is 1. The first-order valence-corrected chi connectivity index (χ1v) is 6.77. The predicted molar refractivity (Wildman–Crippen MR) is 79.5 cm³/mol. The lowest BCUT2D eigenvalue weighted by molar-refractivity contribution is 0.187. The second kappa shape index (κ2) is 4.70. The average molecular weight is 273 g/mol. The number of anilines is 2. The molecule has 0 bridgehead atoms. The van der Waals surface area contributed by atoms with Crippen molar-refractivity contribution in [2.45, 2.75) is 6.04 Å². The van der Waals surface area contributed by atoms with Gasteiger partial charge in [-0.15, -0.1) is 0 Å². The van der Waals surface area contributed by atoms with E-state index in [2.05, 4.69) is 4.90 Å². The van der Waals surface area contributed by atoms with E-state index >= 15 is 0 Å². The zero-order valence-corrected chi connectivity index (χ0v) is 11.5. The number of nitrogens with two attached hydrogens (primary N) is 1. The second-order valence-corrected chi connectivity index (χ2v) is 5.38. The summed E-state index contributed by atoms with van der Waals surface area (Å²) < 4.78 is 0. The highest BCUT2D eigenvalue weighted by atomic mass is 16.2. The lowest BCUT2D eigenvalue weighted by Gasteiger charge is -2.38. The number of hydrogen-bond acceptors (Lipinski definition) is 4. The Bertz CT molecular complexity index is 558. The number of nitrogens with one attached hydrogen (secondary N) is 1. The van der Waals surface area contributed by atoms with Crippen LogP contribution in [0.15, 0.2) is 18.2 Å². The van der Waals surface area contributed by atoms with Gasteiger partial charge in [-0.1, -0.05) is 6.07 Å². The molecule has 1 atom stereocenters. The van der Waals surface area contributed by atoms with Gasteiger partial charge < -0.3 is 25.8 Å². The molecule has 2 heterocycles. The maximum atomic E-state index is 11.9. The van der Waals surface area contributed by atoms with E-state index in [1.165, 1.54) is 6.21 Å². The van der Waals surface area contributed by atoms with E-state index in [0.717, 1.165) is 37.4 Å². The topological polar surface area (TPSA) is 76.7 Å². The maximum Gasteiger partial charge on any atom is 0.320 e. The Kier molecular flexibility index (Phi) is 3.00. The number of urea groups is 1. The molecule has 6 nitrogen and oxygen atoms in total. The monoisotopic (exact) mass is 273 g/mol.